The van der Waals surface area contributed by atoms with Crippen molar-refractivity contribution in [2.24, 2.45) is 0 Å². The molecule has 0 saturated heterocycles. The Balaban J connectivity index is 0.000000231. The SMILES string of the molecule is Nc1cc(Cl)c(C(=O)O)cc1Cl.[C-]#[N+]c1cc(Cl)c(N)cc1Cl. The van der Waals surface area contributed by atoms with Crippen molar-refractivity contribution in [3.05, 3.63) is 61.3 Å². The summed E-state index contributed by atoms with van der Waals surface area (Å²) in [5, 5.41) is 9.57. The van der Waals surface area contributed by atoms with Crippen LogP contribution in [0.3, 0.4) is 0 Å². The highest BCUT2D eigenvalue weighted by Crippen LogP contribution is 2.32. The number of carboxylic acids is 1. The molecular weight excluding hydrogens is 384 g/mol. The van der Waals surface area contributed by atoms with Crippen molar-refractivity contribution >= 4 is 69.4 Å². The van der Waals surface area contributed by atoms with Gasteiger partial charge >= 0.3 is 5.97 Å². The highest BCUT2D eigenvalue weighted by Gasteiger charge is 2.10. The first-order chi connectivity index (χ1) is 10.7. The van der Waals surface area contributed by atoms with Crippen molar-refractivity contribution < 1.29 is 9.90 Å². The first-order valence-corrected chi connectivity index (χ1v) is 7.28. The van der Waals surface area contributed by atoms with E-state index in [0.717, 1.165) is 0 Å². The van der Waals surface area contributed by atoms with Gasteiger partial charge in [0.15, 0.2) is 0 Å². The Bertz CT molecular complexity index is 804. The van der Waals surface area contributed by atoms with Gasteiger partial charge in [0.2, 0.25) is 5.69 Å². The molecule has 0 spiro atoms. The number of benzene rings is 2. The second-order valence-electron chi connectivity index (χ2n) is 4.10. The summed E-state index contributed by atoms with van der Waals surface area (Å²) in [5.41, 5.74) is 11.7. The third kappa shape index (κ3) is 5.08. The minimum atomic E-state index is -1.12. The quantitative estimate of drug-likeness (QED) is 0.447. The Hall–Kier alpha value is -1.84. The summed E-state index contributed by atoms with van der Waals surface area (Å²) in [6.07, 6.45) is 0. The number of anilines is 2. The molecule has 5 nitrogen and oxygen atoms in total. The minimum Gasteiger partial charge on any atom is -0.478 e. The van der Waals surface area contributed by atoms with Crippen molar-refractivity contribution in [3.63, 3.8) is 0 Å². The molecule has 23 heavy (non-hydrogen) atoms. The summed E-state index contributed by atoms with van der Waals surface area (Å²) in [7, 11) is 0. The predicted octanol–water partition coefficient (Wildman–Crippen LogP) is 5.40. The van der Waals surface area contributed by atoms with Gasteiger partial charge in [0.05, 0.1) is 32.9 Å². The molecule has 0 unspecified atom stereocenters. The molecule has 120 valence electrons. The van der Waals surface area contributed by atoms with Gasteiger partial charge in [-0.2, -0.15) is 0 Å². The van der Waals surface area contributed by atoms with E-state index >= 15 is 0 Å². The monoisotopic (exact) mass is 391 g/mol. The number of hydrogen-bond donors (Lipinski definition) is 3. The van der Waals surface area contributed by atoms with Crippen molar-refractivity contribution in [3.8, 4) is 0 Å². The van der Waals surface area contributed by atoms with Crippen LogP contribution in [0.2, 0.25) is 20.1 Å². The van der Waals surface area contributed by atoms with E-state index in [0.29, 0.717) is 21.4 Å². The first-order valence-electron chi connectivity index (χ1n) is 5.77. The number of nitrogens with two attached hydrogens (primary N) is 2. The summed E-state index contributed by atoms with van der Waals surface area (Å²) in [6, 6.07) is 5.46. The summed E-state index contributed by atoms with van der Waals surface area (Å²) >= 11 is 22.4. The fourth-order valence-electron chi connectivity index (χ4n) is 1.36. The fourth-order valence-corrected chi connectivity index (χ4v) is 2.15. The Labute approximate surface area is 152 Å². The highest BCUT2D eigenvalue weighted by molar-refractivity contribution is 6.37. The van der Waals surface area contributed by atoms with Crippen LogP contribution in [0.15, 0.2) is 24.3 Å². The van der Waals surface area contributed by atoms with Gasteiger partial charge in [-0.3, -0.25) is 0 Å². The Morgan fingerprint density at radius 3 is 1.87 bits per heavy atom. The molecule has 0 radical (unpaired) electrons. The first kappa shape index (κ1) is 19.2. The molecule has 0 aromatic heterocycles. The summed E-state index contributed by atoms with van der Waals surface area (Å²) in [5.74, 6) is -1.12. The average molecular weight is 393 g/mol. The van der Waals surface area contributed by atoms with Gasteiger partial charge in [0.1, 0.15) is 0 Å². The zero-order valence-corrected chi connectivity index (χ0v) is 14.3. The maximum absolute atomic E-state index is 10.5. The van der Waals surface area contributed by atoms with Crippen LogP contribution >= 0.6 is 46.4 Å². The van der Waals surface area contributed by atoms with E-state index in [1.807, 2.05) is 0 Å². The van der Waals surface area contributed by atoms with E-state index in [1.54, 1.807) is 0 Å². The highest BCUT2D eigenvalue weighted by atomic mass is 35.5. The van der Waals surface area contributed by atoms with Crippen LogP contribution in [0.25, 0.3) is 4.85 Å². The topological polar surface area (TPSA) is 93.7 Å². The van der Waals surface area contributed by atoms with Crippen LogP contribution in [0, 0.1) is 6.57 Å². The molecule has 0 atom stereocenters. The zero-order chi connectivity index (χ0) is 17.7. The van der Waals surface area contributed by atoms with Gasteiger partial charge in [0.25, 0.3) is 0 Å². The molecule has 0 bridgehead atoms. The largest absolute Gasteiger partial charge is 0.478 e. The van der Waals surface area contributed by atoms with E-state index in [-0.39, 0.29) is 21.3 Å². The van der Waals surface area contributed by atoms with Gasteiger partial charge in [0, 0.05) is 10.7 Å². The van der Waals surface area contributed by atoms with Gasteiger partial charge in [-0.05, 0) is 24.3 Å². The van der Waals surface area contributed by atoms with Gasteiger partial charge < -0.3 is 16.6 Å². The van der Waals surface area contributed by atoms with Crippen molar-refractivity contribution in [2.75, 3.05) is 11.5 Å². The molecule has 0 amide bonds. The number of hydrogen-bond acceptors (Lipinski definition) is 3. The lowest BCUT2D eigenvalue weighted by atomic mass is 10.2. The molecule has 5 N–H and O–H groups in total. The van der Waals surface area contributed by atoms with E-state index in [2.05, 4.69) is 4.85 Å². The maximum atomic E-state index is 10.5. The van der Waals surface area contributed by atoms with Crippen LogP contribution in [0.5, 0.6) is 0 Å². The van der Waals surface area contributed by atoms with Crippen molar-refractivity contribution in [2.45, 2.75) is 0 Å². The summed E-state index contributed by atoms with van der Waals surface area (Å²) in [6.45, 7) is 6.69. The Morgan fingerprint density at radius 1 is 0.913 bits per heavy atom. The second kappa shape index (κ2) is 8.14. The lowest BCUT2D eigenvalue weighted by Crippen LogP contribution is -1.98. The molecule has 0 heterocycles. The molecular formula is C14H9Cl4N3O2. The number of carbonyl (C=O) groups is 1. The number of halogens is 4. The standard InChI is InChI=1S/C7H4Cl2N2.C7H5Cl2NO2/c1-11-7-3-4(8)6(10)2-5(7)9;8-4-2-6(10)5(9)1-3(4)7(11)12/h2-3H,10H2;1-2H,10H2,(H,11,12). The van der Waals surface area contributed by atoms with Crippen molar-refractivity contribution in [1.82, 2.24) is 0 Å². The van der Waals surface area contributed by atoms with Crippen LogP contribution in [0.4, 0.5) is 17.1 Å². The fraction of sp³-hybridized carbons (Fsp3) is 0. The minimum absolute atomic E-state index is 0.0455. The van der Waals surface area contributed by atoms with Crippen molar-refractivity contribution in [1.29, 1.82) is 0 Å². The molecule has 0 aliphatic rings. The smallest absolute Gasteiger partial charge is 0.337 e. The molecule has 2 aromatic rings. The van der Waals surface area contributed by atoms with Gasteiger partial charge in [-0.15, -0.1) is 0 Å². The third-order valence-corrected chi connectivity index (χ3v) is 3.77. The number of carboxylic acid groups (broad SMARTS) is 1. The van der Waals surface area contributed by atoms with Crippen LogP contribution in [-0.2, 0) is 0 Å². The zero-order valence-electron chi connectivity index (χ0n) is 11.3. The lowest BCUT2D eigenvalue weighted by molar-refractivity contribution is 0.0697. The van der Waals surface area contributed by atoms with Crippen LogP contribution < -0.4 is 11.5 Å². The number of nitrogens with zero attached hydrogens (tertiary/aromatic N) is 1. The molecule has 0 saturated carbocycles. The Kier molecular flexibility index (Phi) is 6.79. The molecule has 0 fully saturated rings. The molecule has 2 aromatic carbocycles. The molecule has 9 heteroatoms. The van der Waals surface area contributed by atoms with E-state index < -0.39 is 5.97 Å². The third-order valence-electron chi connectivity index (χ3n) is 2.50. The Morgan fingerprint density at radius 2 is 1.39 bits per heavy atom. The average Bonchev–Trinajstić information content (AvgIpc) is 2.47. The van der Waals surface area contributed by atoms with Gasteiger partial charge in [-0.1, -0.05) is 46.4 Å². The summed E-state index contributed by atoms with van der Waals surface area (Å²) < 4.78 is 0. The molecule has 0 aliphatic heterocycles. The van der Waals surface area contributed by atoms with Crippen LogP contribution in [-0.4, -0.2) is 11.1 Å². The molecule has 0 aliphatic carbocycles. The van der Waals surface area contributed by atoms with E-state index in [1.165, 1.54) is 24.3 Å². The van der Waals surface area contributed by atoms with E-state index in [4.69, 9.17) is 69.5 Å². The van der Waals surface area contributed by atoms with Crippen LogP contribution in [0.1, 0.15) is 10.4 Å². The normalized spacial score (nSPS) is 9.52. The number of nitrogen functional groups attached to an aromatic ring is 2. The number of rotatable bonds is 1. The number of aromatic carboxylic acids is 1. The lowest BCUT2D eigenvalue weighted by Gasteiger charge is -2.01. The maximum Gasteiger partial charge on any atom is 0.337 e. The summed E-state index contributed by atoms with van der Waals surface area (Å²) in [4.78, 5) is 13.7. The predicted molar refractivity (Wildman–Crippen MR) is 95.0 cm³/mol. The second-order valence-corrected chi connectivity index (χ2v) is 5.72. The van der Waals surface area contributed by atoms with Gasteiger partial charge in [-0.25, -0.2) is 9.64 Å². The van der Waals surface area contributed by atoms with E-state index in [9.17, 15) is 4.79 Å². The molecule has 2 rings (SSSR count).